The van der Waals surface area contributed by atoms with Crippen molar-refractivity contribution in [1.29, 1.82) is 0 Å². The van der Waals surface area contributed by atoms with E-state index in [0.717, 1.165) is 6.26 Å². The molecule has 0 fully saturated rings. The molecule has 0 radical (unpaired) electrons. The molecule has 0 spiro atoms. The summed E-state index contributed by atoms with van der Waals surface area (Å²) < 4.78 is 22.7. The van der Waals surface area contributed by atoms with Crippen molar-refractivity contribution in [2.75, 3.05) is 6.26 Å². The average Bonchev–Trinajstić information content (AvgIpc) is 2.36. The first-order valence-corrected chi connectivity index (χ1v) is 8.08. The van der Waals surface area contributed by atoms with Crippen LogP contribution in [0.2, 0.25) is 0 Å². The Hall–Kier alpha value is -1.93. The number of rotatable bonds is 6. The van der Waals surface area contributed by atoms with Crippen LogP contribution in [-0.2, 0) is 19.4 Å². The Morgan fingerprint density at radius 1 is 1.29 bits per heavy atom. The fourth-order valence-corrected chi connectivity index (χ4v) is 2.32. The zero-order chi connectivity index (χ0) is 16.2. The lowest BCUT2D eigenvalue weighted by Gasteiger charge is -2.17. The molecule has 0 aliphatic heterocycles. The van der Waals surface area contributed by atoms with Crippen molar-refractivity contribution >= 4 is 21.7 Å². The summed E-state index contributed by atoms with van der Waals surface area (Å²) in [5, 5.41) is 11.2. The summed E-state index contributed by atoms with van der Waals surface area (Å²) in [6.45, 7) is 1.70. The molecule has 0 bridgehead atoms. The van der Waals surface area contributed by atoms with Crippen molar-refractivity contribution < 1.29 is 23.1 Å². The van der Waals surface area contributed by atoms with Crippen LogP contribution in [-0.4, -0.2) is 37.7 Å². The number of hydrogen-bond donors (Lipinski definition) is 3. The largest absolute Gasteiger partial charge is 0.481 e. The zero-order valence-corrected chi connectivity index (χ0v) is 12.6. The molecule has 0 saturated carbocycles. The summed E-state index contributed by atoms with van der Waals surface area (Å²) in [7, 11) is -3.27. The maximum Gasteiger partial charge on any atom is 0.305 e. The molecule has 1 rings (SSSR count). The second kappa shape index (κ2) is 6.68. The Balaban J connectivity index is 2.74. The Morgan fingerprint density at radius 2 is 1.81 bits per heavy atom. The maximum absolute atomic E-state index is 11.7. The van der Waals surface area contributed by atoms with Crippen molar-refractivity contribution in [3.63, 3.8) is 0 Å². The molecule has 8 heteroatoms. The highest BCUT2D eigenvalue weighted by molar-refractivity contribution is 7.90. The van der Waals surface area contributed by atoms with Crippen LogP contribution in [0, 0.1) is 0 Å². The third kappa shape index (κ3) is 5.16. The van der Waals surface area contributed by atoms with Crippen LogP contribution >= 0.6 is 0 Å². The van der Waals surface area contributed by atoms with E-state index in [9.17, 15) is 18.0 Å². The van der Waals surface area contributed by atoms with Gasteiger partial charge in [0.15, 0.2) is 9.84 Å². The molecule has 21 heavy (non-hydrogen) atoms. The number of carbonyl (C=O) groups excluding carboxylic acids is 1. The number of aliphatic carboxylic acids is 1. The first kappa shape index (κ1) is 17.1. The average molecular weight is 314 g/mol. The lowest BCUT2D eigenvalue weighted by atomic mass is 10.1. The van der Waals surface area contributed by atoms with E-state index in [1.165, 1.54) is 12.1 Å². The fourth-order valence-electron chi connectivity index (χ4n) is 1.69. The van der Waals surface area contributed by atoms with Gasteiger partial charge in [0, 0.05) is 6.26 Å². The van der Waals surface area contributed by atoms with E-state index in [-0.39, 0.29) is 4.90 Å². The van der Waals surface area contributed by atoms with E-state index in [2.05, 4.69) is 5.32 Å². The number of hydrogen-bond acceptors (Lipinski definition) is 5. The third-order valence-electron chi connectivity index (χ3n) is 2.90. The van der Waals surface area contributed by atoms with Gasteiger partial charge in [0.2, 0.25) is 5.91 Å². The van der Waals surface area contributed by atoms with Gasteiger partial charge in [-0.1, -0.05) is 12.1 Å². The normalized spacial score (nSPS) is 14.2. The Bertz CT molecular complexity index is 624. The number of benzene rings is 1. The highest BCUT2D eigenvalue weighted by atomic mass is 32.2. The molecule has 4 N–H and O–H groups in total. The van der Waals surface area contributed by atoms with Gasteiger partial charge in [-0.2, -0.15) is 0 Å². The molecule has 2 atom stereocenters. The molecular weight excluding hydrogens is 296 g/mol. The van der Waals surface area contributed by atoms with Crippen LogP contribution in [0.15, 0.2) is 29.2 Å². The van der Waals surface area contributed by atoms with Gasteiger partial charge in [0.25, 0.3) is 0 Å². The van der Waals surface area contributed by atoms with Crippen LogP contribution in [0.5, 0.6) is 0 Å². The number of carboxylic acids is 1. The van der Waals surface area contributed by atoms with Crippen molar-refractivity contribution in [1.82, 2.24) is 5.32 Å². The van der Waals surface area contributed by atoms with Crippen molar-refractivity contribution in [2.24, 2.45) is 5.73 Å². The summed E-state index contributed by atoms with van der Waals surface area (Å²) >= 11 is 0. The minimum absolute atomic E-state index is 0.187. The van der Waals surface area contributed by atoms with E-state index in [0.29, 0.717) is 5.56 Å². The van der Waals surface area contributed by atoms with E-state index >= 15 is 0 Å². The molecule has 1 aromatic carbocycles. The molecule has 2 unspecified atom stereocenters. The SMILES string of the molecule is CC(NC(=O)C(N)CC(=O)O)c1ccc(S(C)(=O)=O)cc1. The predicted octanol–water partition coefficient (Wildman–Crippen LogP) is 0.0693. The third-order valence-corrected chi connectivity index (χ3v) is 4.03. The van der Waals surface area contributed by atoms with Gasteiger partial charge in [-0.25, -0.2) is 8.42 Å². The van der Waals surface area contributed by atoms with Crippen LogP contribution < -0.4 is 11.1 Å². The quantitative estimate of drug-likeness (QED) is 0.682. The molecule has 1 aromatic rings. The number of nitrogens with one attached hydrogen (secondary N) is 1. The highest BCUT2D eigenvalue weighted by Gasteiger charge is 2.19. The number of amides is 1. The fraction of sp³-hybridized carbons (Fsp3) is 0.385. The first-order valence-electron chi connectivity index (χ1n) is 6.19. The van der Waals surface area contributed by atoms with Gasteiger partial charge in [-0.15, -0.1) is 0 Å². The number of carbonyl (C=O) groups is 2. The van der Waals surface area contributed by atoms with Crippen LogP contribution in [0.3, 0.4) is 0 Å². The van der Waals surface area contributed by atoms with Gasteiger partial charge in [-0.05, 0) is 24.6 Å². The number of nitrogens with two attached hydrogens (primary N) is 1. The molecule has 0 aliphatic carbocycles. The second-order valence-corrected chi connectivity index (χ2v) is 6.79. The first-order chi connectivity index (χ1) is 9.61. The Kier molecular flexibility index (Phi) is 5.45. The molecule has 0 saturated heterocycles. The van der Waals surface area contributed by atoms with Crippen LogP contribution in [0.1, 0.15) is 24.9 Å². The second-order valence-electron chi connectivity index (χ2n) is 4.78. The summed E-state index contributed by atoms with van der Waals surface area (Å²) in [4.78, 5) is 22.4. The molecule has 0 heterocycles. The van der Waals surface area contributed by atoms with Crippen molar-refractivity contribution in [3.05, 3.63) is 29.8 Å². The van der Waals surface area contributed by atoms with Crippen molar-refractivity contribution in [3.8, 4) is 0 Å². The lowest BCUT2D eigenvalue weighted by molar-refractivity contribution is -0.139. The standard InChI is InChI=1S/C13H18N2O5S/c1-8(15-13(18)11(14)7-12(16)17)9-3-5-10(6-4-9)21(2,19)20/h3-6,8,11H,7,14H2,1-2H3,(H,15,18)(H,16,17). The van der Waals surface area contributed by atoms with Crippen LogP contribution in [0.4, 0.5) is 0 Å². The Labute approximate surface area is 123 Å². The van der Waals surface area contributed by atoms with E-state index in [4.69, 9.17) is 10.8 Å². The molecule has 0 aromatic heterocycles. The van der Waals surface area contributed by atoms with Gasteiger partial charge in [0.05, 0.1) is 23.4 Å². The summed E-state index contributed by atoms with van der Waals surface area (Å²) in [6.07, 6.45) is 0.656. The smallest absolute Gasteiger partial charge is 0.305 e. The molecule has 7 nitrogen and oxygen atoms in total. The maximum atomic E-state index is 11.7. The molecule has 0 aliphatic rings. The molecule has 116 valence electrons. The minimum Gasteiger partial charge on any atom is -0.481 e. The molecule has 1 amide bonds. The predicted molar refractivity (Wildman–Crippen MR) is 76.3 cm³/mol. The summed E-state index contributed by atoms with van der Waals surface area (Å²) in [5.41, 5.74) is 6.15. The zero-order valence-electron chi connectivity index (χ0n) is 11.7. The van der Waals surface area contributed by atoms with Crippen LogP contribution in [0.25, 0.3) is 0 Å². The van der Waals surface area contributed by atoms with Gasteiger partial charge in [0.1, 0.15) is 0 Å². The van der Waals surface area contributed by atoms with E-state index in [1.807, 2.05) is 0 Å². The Morgan fingerprint density at radius 3 is 2.24 bits per heavy atom. The topological polar surface area (TPSA) is 127 Å². The highest BCUT2D eigenvalue weighted by Crippen LogP contribution is 2.16. The van der Waals surface area contributed by atoms with Gasteiger partial charge >= 0.3 is 5.97 Å². The lowest BCUT2D eigenvalue weighted by Crippen LogP contribution is -2.42. The van der Waals surface area contributed by atoms with Gasteiger partial charge in [-0.3, -0.25) is 9.59 Å². The summed E-state index contributed by atoms with van der Waals surface area (Å²) in [5.74, 6) is -1.72. The van der Waals surface area contributed by atoms with E-state index in [1.54, 1.807) is 19.1 Å². The van der Waals surface area contributed by atoms with Crippen molar-refractivity contribution in [2.45, 2.75) is 30.3 Å². The van der Waals surface area contributed by atoms with E-state index < -0.39 is 40.2 Å². The minimum atomic E-state index is -3.27. The molecular formula is C13H18N2O5S. The number of sulfone groups is 1. The monoisotopic (exact) mass is 314 g/mol. The van der Waals surface area contributed by atoms with Gasteiger partial charge < -0.3 is 16.2 Å². The summed E-state index contributed by atoms with van der Waals surface area (Å²) in [6, 6.07) is 4.54. The number of carboxylic acid groups (broad SMARTS) is 1.